The molecular weight excluding hydrogens is 302 g/mol. The molecule has 0 amide bonds. The van der Waals surface area contributed by atoms with Crippen molar-refractivity contribution in [3.05, 3.63) is 47.0 Å². The molecule has 0 aliphatic rings. The fraction of sp³-hybridized carbons (Fsp3) is 0.294. The Hall–Kier alpha value is -2.50. The summed E-state index contributed by atoms with van der Waals surface area (Å²) in [5, 5.41) is 20.6. The average Bonchev–Trinajstić information content (AvgIpc) is 2.45. The van der Waals surface area contributed by atoms with Crippen molar-refractivity contribution < 1.29 is 19.0 Å². The Morgan fingerprint density at radius 3 is 1.52 bits per heavy atom. The summed E-state index contributed by atoms with van der Waals surface area (Å²) in [5.41, 5.74) is 10.2. The van der Waals surface area contributed by atoms with Crippen molar-refractivity contribution in [2.45, 2.75) is 26.2 Å². The first-order valence-corrected chi connectivity index (χ1v) is 7.16. The van der Waals surface area contributed by atoms with Gasteiger partial charge >= 0.3 is 0 Å². The molecule has 0 saturated carbocycles. The minimum atomic E-state index is -1.11. The van der Waals surface area contributed by atoms with E-state index in [-0.39, 0.29) is 39.9 Å². The number of hydrogen-bond acceptors (Lipinski definition) is 4. The smallest absolute Gasteiger partial charge is 0.142 e. The van der Waals surface area contributed by atoms with Crippen LogP contribution < -0.4 is 11.5 Å². The van der Waals surface area contributed by atoms with Crippen LogP contribution >= 0.6 is 0 Å². The zero-order valence-electron chi connectivity index (χ0n) is 13.2. The van der Waals surface area contributed by atoms with E-state index in [0.717, 1.165) is 24.3 Å². The van der Waals surface area contributed by atoms with Crippen LogP contribution in [0.2, 0.25) is 0 Å². The molecule has 23 heavy (non-hydrogen) atoms. The molecule has 0 heterocycles. The molecule has 0 unspecified atom stereocenters. The van der Waals surface area contributed by atoms with Gasteiger partial charge in [0.1, 0.15) is 23.1 Å². The normalized spacial score (nSPS) is 11.9. The highest BCUT2D eigenvalue weighted by Crippen LogP contribution is 2.48. The van der Waals surface area contributed by atoms with E-state index >= 15 is 0 Å². The minimum Gasteiger partial charge on any atom is -0.505 e. The first-order valence-electron chi connectivity index (χ1n) is 7.16. The molecule has 2 aromatic carbocycles. The zero-order chi connectivity index (χ0) is 17.5. The number of phenols is 2. The van der Waals surface area contributed by atoms with Crippen molar-refractivity contribution in [1.82, 2.24) is 0 Å². The molecule has 6 heteroatoms. The molecule has 0 radical (unpaired) electrons. The van der Waals surface area contributed by atoms with Crippen LogP contribution in [0.1, 0.15) is 31.9 Å². The maximum atomic E-state index is 13.8. The number of nitrogens with two attached hydrogens (primary N) is 2. The second-order valence-corrected chi connectivity index (χ2v) is 6.14. The lowest BCUT2D eigenvalue weighted by atomic mass is 9.67. The van der Waals surface area contributed by atoms with E-state index < -0.39 is 17.0 Å². The van der Waals surface area contributed by atoms with Gasteiger partial charge in [0.2, 0.25) is 0 Å². The molecule has 0 aliphatic heterocycles. The van der Waals surface area contributed by atoms with Gasteiger partial charge in [-0.3, -0.25) is 0 Å². The predicted molar refractivity (Wildman–Crippen MR) is 86.2 cm³/mol. The van der Waals surface area contributed by atoms with Gasteiger partial charge in [-0.2, -0.15) is 0 Å². The lowest BCUT2D eigenvalue weighted by molar-refractivity contribution is 0.359. The summed E-state index contributed by atoms with van der Waals surface area (Å²) in [4.78, 5) is 0. The van der Waals surface area contributed by atoms with Gasteiger partial charge in [0.15, 0.2) is 0 Å². The Balaban J connectivity index is 2.87. The quantitative estimate of drug-likeness (QED) is 0.514. The Morgan fingerprint density at radius 2 is 1.22 bits per heavy atom. The highest BCUT2D eigenvalue weighted by molar-refractivity contribution is 5.65. The monoisotopic (exact) mass is 322 g/mol. The van der Waals surface area contributed by atoms with Crippen molar-refractivity contribution >= 4 is 11.4 Å². The number of rotatable bonds is 3. The van der Waals surface area contributed by atoms with Gasteiger partial charge < -0.3 is 21.7 Å². The van der Waals surface area contributed by atoms with Gasteiger partial charge in [-0.1, -0.05) is 20.8 Å². The van der Waals surface area contributed by atoms with Gasteiger partial charge in [0.25, 0.3) is 0 Å². The lowest BCUT2D eigenvalue weighted by Crippen LogP contribution is -2.31. The highest BCUT2D eigenvalue weighted by Gasteiger charge is 2.38. The van der Waals surface area contributed by atoms with Crippen LogP contribution in [0.15, 0.2) is 24.3 Å². The van der Waals surface area contributed by atoms with Crippen LogP contribution in [0.5, 0.6) is 11.5 Å². The number of anilines is 2. The fourth-order valence-corrected chi connectivity index (χ4v) is 2.80. The number of halogens is 2. The topological polar surface area (TPSA) is 92.5 Å². The largest absolute Gasteiger partial charge is 0.505 e. The molecule has 0 saturated heterocycles. The van der Waals surface area contributed by atoms with Crippen LogP contribution in [-0.2, 0) is 5.41 Å². The predicted octanol–water partition coefficient (Wildman–Crippen LogP) is 3.50. The first kappa shape index (κ1) is 16.9. The number of phenolic OH excluding ortho intramolecular Hbond substituents is 2. The summed E-state index contributed by atoms with van der Waals surface area (Å²) >= 11 is 0. The van der Waals surface area contributed by atoms with Crippen molar-refractivity contribution in [2.75, 3.05) is 11.5 Å². The minimum absolute atomic E-state index is 0.129. The Bertz CT molecular complexity index is 703. The lowest BCUT2D eigenvalue weighted by Gasteiger charge is -2.36. The van der Waals surface area contributed by atoms with Crippen LogP contribution in [0.25, 0.3) is 0 Å². The molecule has 0 bridgehead atoms. The SMILES string of the molecule is CC(C)C(C)(c1cc(F)cc(N)c1O)c1cc(F)cc(N)c1O. The van der Waals surface area contributed by atoms with Gasteiger partial charge in [-0.05, 0) is 18.1 Å². The van der Waals surface area contributed by atoms with Crippen molar-refractivity contribution in [3.63, 3.8) is 0 Å². The third kappa shape index (κ3) is 2.65. The number of benzene rings is 2. The summed E-state index contributed by atoms with van der Waals surface area (Å²) in [7, 11) is 0. The van der Waals surface area contributed by atoms with E-state index in [9.17, 15) is 19.0 Å². The highest BCUT2D eigenvalue weighted by atomic mass is 19.1. The number of nitrogen functional groups attached to an aromatic ring is 2. The maximum Gasteiger partial charge on any atom is 0.142 e. The Morgan fingerprint density at radius 1 is 0.870 bits per heavy atom. The molecule has 6 N–H and O–H groups in total. The van der Waals surface area contributed by atoms with E-state index in [1.54, 1.807) is 20.8 Å². The van der Waals surface area contributed by atoms with Gasteiger partial charge in [-0.25, -0.2) is 8.78 Å². The molecule has 2 aromatic rings. The number of hydrogen-bond donors (Lipinski definition) is 4. The molecule has 0 fully saturated rings. The average molecular weight is 322 g/mol. The Labute approximate surface area is 133 Å². The second-order valence-electron chi connectivity index (χ2n) is 6.14. The molecule has 2 rings (SSSR count). The van der Waals surface area contributed by atoms with E-state index in [2.05, 4.69) is 0 Å². The van der Waals surface area contributed by atoms with Gasteiger partial charge in [0, 0.05) is 28.7 Å². The molecule has 0 aromatic heterocycles. The summed E-state index contributed by atoms with van der Waals surface area (Å²) in [6.07, 6.45) is 0. The Kier molecular flexibility index (Phi) is 4.11. The van der Waals surface area contributed by atoms with E-state index in [4.69, 9.17) is 11.5 Å². The van der Waals surface area contributed by atoms with Crippen LogP contribution in [0, 0.1) is 17.6 Å². The van der Waals surface area contributed by atoms with Crippen molar-refractivity contribution in [3.8, 4) is 11.5 Å². The van der Waals surface area contributed by atoms with Crippen molar-refractivity contribution in [2.24, 2.45) is 5.92 Å². The number of aromatic hydroxyl groups is 2. The summed E-state index contributed by atoms with van der Waals surface area (Å²) in [6, 6.07) is 4.26. The third-order valence-electron chi connectivity index (χ3n) is 4.48. The van der Waals surface area contributed by atoms with Crippen LogP contribution in [0.4, 0.5) is 20.2 Å². The molecule has 0 spiro atoms. The zero-order valence-corrected chi connectivity index (χ0v) is 13.2. The summed E-state index contributed by atoms with van der Waals surface area (Å²) in [5.74, 6) is -2.10. The van der Waals surface area contributed by atoms with E-state index in [1.165, 1.54) is 0 Å². The molecule has 124 valence electrons. The van der Waals surface area contributed by atoms with Gasteiger partial charge in [0.05, 0.1) is 11.4 Å². The summed E-state index contributed by atoms with van der Waals surface area (Å²) in [6.45, 7) is 5.28. The fourth-order valence-electron chi connectivity index (χ4n) is 2.80. The second kappa shape index (κ2) is 5.61. The molecule has 4 nitrogen and oxygen atoms in total. The third-order valence-corrected chi connectivity index (χ3v) is 4.48. The van der Waals surface area contributed by atoms with Crippen molar-refractivity contribution in [1.29, 1.82) is 0 Å². The maximum absolute atomic E-state index is 13.8. The molecule has 0 aliphatic carbocycles. The summed E-state index contributed by atoms with van der Waals surface area (Å²) < 4.78 is 27.6. The standard InChI is InChI=1S/C17H20F2N2O2/c1-8(2)17(3,11-4-9(18)6-13(20)15(11)22)12-5-10(19)7-14(21)16(12)23/h4-8,22-23H,20-21H2,1-3H3. The molecular formula is C17H20F2N2O2. The van der Waals surface area contributed by atoms with Crippen LogP contribution in [-0.4, -0.2) is 10.2 Å². The van der Waals surface area contributed by atoms with Crippen LogP contribution in [0.3, 0.4) is 0 Å². The van der Waals surface area contributed by atoms with E-state index in [1.807, 2.05) is 0 Å². The van der Waals surface area contributed by atoms with Gasteiger partial charge in [-0.15, -0.1) is 0 Å². The first-order chi connectivity index (χ1) is 10.6. The van der Waals surface area contributed by atoms with E-state index in [0.29, 0.717) is 0 Å². The molecule has 0 atom stereocenters.